The molecule has 2 aromatic heterocycles. The van der Waals surface area contributed by atoms with Crippen molar-refractivity contribution in [3.05, 3.63) is 40.2 Å². The van der Waals surface area contributed by atoms with E-state index >= 15 is 0 Å². The van der Waals surface area contributed by atoms with Gasteiger partial charge < -0.3 is 9.67 Å². The number of halogens is 1. The van der Waals surface area contributed by atoms with E-state index in [-0.39, 0.29) is 5.75 Å². The Kier molecular flexibility index (Phi) is 3.60. The van der Waals surface area contributed by atoms with Crippen LogP contribution < -0.4 is 0 Å². The maximum atomic E-state index is 10.1. The van der Waals surface area contributed by atoms with Gasteiger partial charge >= 0.3 is 0 Å². The average Bonchev–Trinajstić information content (AvgIpc) is 2.81. The third kappa shape index (κ3) is 2.26. The summed E-state index contributed by atoms with van der Waals surface area (Å²) in [5, 5.41) is 10.1. The van der Waals surface area contributed by atoms with Gasteiger partial charge in [-0.15, -0.1) is 0 Å². The molecule has 5 heteroatoms. The SMILES string of the molecule is CCCn1c(-c2cc(I)ccc2O)nc2cnccc21. The fourth-order valence-electron chi connectivity index (χ4n) is 2.32. The standard InChI is InChI=1S/C15H14IN3O/c1-2-7-19-13-5-6-17-9-12(13)18-15(19)11-8-10(16)3-4-14(11)20/h3-6,8-9,20H,2,7H2,1H3. The highest BCUT2D eigenvalue weighted by molar-refractivity contribution is 14.1. The van der Waals surface area contributed by atoms with Gasteiger partial charge in [0.25, 0.3) is 0 Å². The van der Waals surface area contributed by atoms with E-state index in [9.17, 15) is 5.11 Å². The summed E-state index contributed by atoms with van der Waals surface area (Å²) in [5.74, 6) is 1.05. The Balaban J connectivity index is 2.29. The Morgan fingerprint density at radius 1 is 1.30 bits per heavy atom. The lowest BCUT2D eigenvalue weighted by molar-refractivity contribution is 0.476. The molecule has 2 heterocycles. The first kappa shape index (κ1) is 13.4. The number of nitrogens with zero attached hydrogens (tertiary/aromatic N) is 3. The van der Waals surface area contributed by atoms with Crippen LogP contribution in [0.1, 0.15) is 13.3 Å². The number of pyridine rings is 1. The average molecular weight is 379 g/mol. The molecule has 3 rings (SSSR count). The molecular weight excluding hydrogens is 365 g/mol. The minimum Gasteiger partial charge on any atom is -0.507 e. The van der Waals surface area contributed by atoms with E-state index in [0.717, 1.165) is 39.0 Å². The molecule has 4 nitrogen and oxygen atoms in total. The van der Waals surface area contributed by atoms with Crippen LogP contribution >= 0.6 is 22.6 Å². The summed E-state index contributed by atoms with van der Waals surface area (Å²) < 4.78 is 3.21. The highest BCUT2D eigenvalue weighted by Gasteiger charge is 2.15. The molecule has 0 aliphatic heterocycles. The highest BCUT2D eigenvalue weighted by Crippen LogP contribution is 2.32. The predicted octanol–water partition coefficient (Wildman–Crippen LogP) is 3.82. The molecule has 0 aliphatic carbocycles. The van der Waals surface area contributed by atoms with E-state index in [0.29, 0.717) is 0 Å². The molecule has 1 N–H and O–H groups in total. The number of hydrogen-bond donors (Lipinski definition) is 1. The van der Waals surface area contributed by atoms with Crippen molar-refractivity contribution in [1.82, 2.24) is 14.5 Å². The second-order valence-corrected chi connectivity index (χ2v) is 5.86. The first-order chi connectivity index (χ1) is 9.70. The molecule has 20 heavy (non-hydrogen) atoms. The van der Waals surface area contributed by atoms with Crippen LogP contribution in [0.3, 0.4) is 0 Å². The number of phenolic OH excluding ortho intramolecular Hbond substituents is 1. The molecule has 102 valence electrons. The van der Waals surface area contributed by atoms with Crippen LogP contribution in [0.5, 0.6) is 5.75 Å². The number of hydrogen-bond acceptors (Lipinski definition) is 3. The lowest BCUT2D eigenvalue weighted by Gasteiger charge is -2.09. The Hall–Kier alpha value is -1.63. The van der Waals surface area contributed by atoms with Crippen LogP contribution in [0.25, 0.3) is 22.4 Å². The van der Waals surface area contributed by atoms with Gasteiger partial charge in [0, 0.05) is 16.3 Å². The Morgan fingerprint density at radius 3 is 2.95 bits per heavy atom. The molecule has 0 bridgehead atoms. The van der Waals surface area contributed by atoms with Crippen molar-refractivity contribution in [2.24, 2.45) is 0 Å². The van der Waals surface area contributed by atoms with Gasteiger partial charge in [0.1, 0.15) is 17.1 Å². The lowest BCUT2D eigenvalue weighted by atomic mass is 10.2. The van der Waals surface area contributed by atoms with E-state index in [1.165, 1.54) is 0 Å². The summed E-state index contributed by atoms with van der Waals surface area (Å²) in [6, 6.07) is 7.52. The molecule has 1 aromatic carbocycles. The molecule has 0 amide bonds. The van der Waals surface area contributed by atoms with Crippen molar-refractivity contribution in [3.63, 3.8) is 0 Å². The monoisotopic (exact) mass is 379 g/mol. The van der Waals surface area contributed by atoms with Crippen molar-refractivity contribution in [1.29, 1.82) is 0 Å². The van der Waals surface area contributed by atoms with Gasteiger partial charge in [-0.2, -0.15) is 0 Å². The number of aromatic nitrogens is 3. The quantitative estimate of drug-likeness (QED) is 0.704. The molecule has 0 saturated carbocycles. The van der Waals surface area contributed by atoms with Gasteiger partial charge in [-0.05, 0) is 53.3 Å². The summed E-state index contributed by atoms with van der Waals surface area (Å²) in [4.78, 5) is 8.76. The molecule has 0 aliphatic rings. The van der Waals surface area contributed by atoms with Crippen molar-refractivity contribution in [2.75, 3.05) is 0 Å². The van der Waals surface area contributed by atoms with Gasteiger partial charge in [-0.3, -0.25) is 4.98 Å². The second-order valence-electron chi connectivity index (χ2n) is 4.61. The lowest BCUT2D eigenvalue weighted by Crippen LogP contribution is -2.00. The van der Waals surface area contributed by atoms with E-state index in [4.69, 9.17) is 0 Å². The van der Waals surface area contributed by atoms with E-state index in [2.05, 4.69) is 44.0 Å². The number of phenols is 1. The topological polar surface area (TPSA) is 50.9 Å². The van der Waals surface area contributed by atoms with Crippen LogP contribution in [0.4, 0.5) is 0 Å². The molecular formula is C15H14IN3O. The van der Waals surface area contributed by atoms with Crippen LogP contribution in [0, 0.1) is 3.57 Å². The number of aryl methyl sites for hydroxylation is 1. The normalized spacial score (nSPS) is 11.1. The molecule has 0 saturated heterocycles. The van der Waals surface area contributed by atoms with Crippen LogP contribution in [0.2, 0.25) is 0 Å². The molecule has 0 radical (unpaired) electrons. The van der Waals surface area contributed by atoms with E-state index < -0.39 is 0 Å². The Morgan fingerprint density at radius 2 is 2.15 bits per heavy atom. The zero-order valence-corrected chi connectivity index (χ0v) is 13.2. The Bertz CT molecular complexity index is 767. The summed E-state index contributed by atoms with van der Waals surface area (Å²) in [5.41, 5.74) is 2.67. The smallest absolute Gasteiger partial charge is 0.144 e. The largest absolute Gasteiger partial charge is 0.507 e. The highest BCUT2D eigenvalue weighted by atomic mass is 127. The van der Waals surface area contributed by atoms with Gasteiger partial charge in [0.2, 0.25) is 0 Å². The maximum absolute atomic E-state index is 10.1. The van der Waals surface area contributed by atoms with E-state index in [1.54, 1.807) is 18.5 Å². The number of imidazole rings is 1. The first-order valence-electron chi connectivity index (χ1n) is 6.50. The van der Waals surface area contributed by atoms with Gasteiger partial charge in [-0.25, -0.2) is 4.98 Å². The fourth-order valence-corrected chi connectivity index (χ4v) is 2.82. The first-order valence-corrected chi connectivity index (χ1v) is 7.57. The Labute approximate surface area is 130 Å². The van der Waals surface area contributed by atoms with Crippen molar-refractivity contribution < 1.29 is 5.11 Å². The van der Waals surface area contributed by atoms with Crippen molar-refractivity contribution in [3.8, 4) is 17.1 Å². The van der Waals surface area contributed by atoms with Gasteiger partial charge in [-0.1, -0.05) is 6.92 Å². The second kappa shape index (κ2) is 5.40. The van der Waals surface area contributed by atoms with Crippen LogP contribution in [-0.4, -0.2) is 19.6 Å². The van der Waals surface area contributed by atoms with Crippen LogP contribution in [0.15, 0.2) is 36.7 Å². The molecule has 0 unspecified atom stereocenters. The summed E-state index contributed by atoms with van der Waals surface area (Å²) in [7, 11) is 0. The predicted molar refractivity (Wildman–Crippen MR) is 87.6 cm³/mol. The number of benzene rings is 1. The zero-order valence-electron chi connectivity index (χ0n) is 11.0. The van der Waals surface area contributed by atoms with E-state index in [1.807, 2.05) is 18.2 Å². The fraction of sp³-hybridized carbons (Fsp3) is 0.200. The molecule has 0 spiro atoms. The minimum absolute atomic E-state index is 0.256. The minimum atomic E-state index is 0.256. The number of fused-ring (bicyclic) bond motifs is 1. The third-order valence-corrected chi connectivity index (χ3v) is 3.87. The van der Waals surface area contributed by atoms with Gasteiger partial charge in [0.05, 0.1) is 17.3 Å². The number of aromatic hydroxyl groups is 1. The van der Waals surface area contributed by atoms with Crippen molar-refractivity contribution in [2.45, 2.75) is 19.9 Å². The summed E-state index contributed by atoms with van der Waals surface area (Å²) >= 11 is 2.24. The summed E-state index contributed by atoms with van der Waals surface area (Å²) in [6.45, 7) is 2.99. The maximum Gasteiger partial charge on any atom is 0.144 e. The molecule has 0 atom stereocenters. The van der Waals surface area contributed by atoms with Crippen LogP contribution in [-0.2, 0) is 6.54 Å². The molecule has 0 fully saturated rings. The number of rotatable bonds is 3. The summed E-state index contributed by atoms with van der Waals surface area (Å²) in [6.07, 6.45) is 4.54. The zero-order chi connectivity index (χ0) is 14.1. The molecule has 3 aromatic rings. The van der Waals surface area contributed by atoms with Gasteiger partial charge in [0.15, 0.2) is 0 Å². The van der Waals surface area contributed by atoms with Crippen molar-refractivity contribution >= 4 is 33.6 Å². The third-order valence-electron chi connectivity index (χ3n) is 3.20.